The number of fused-ring (bicyclic) bond motifs is 1. The summed E-state index contributed by atoms with van der Waals surface area (Å²) >= 11 is 0. The number of aliphatic hydroxyl groups is 1. The van der Waals surface area contributed by atoms with Gasteiger partial charge >= 0.3 is 5.97 Å². The van der Waals surface area contributed by atoms with E-state index in [4.69, 9.17) is 9.84 Å². The molecule has 1 atom stereocenters. The van der Waals surface area contributed by atoms with E-state index in [0.717, 1.165) is 11.1 Å². The standard InChI is InChI=1S/C13H15NO5/c1-18-13(17)11(5-15)14-12(16)8-2-3-9-6-19-7-10(9)4-8/h2-4,11,15H,5-7H2,1H3,(H,14,16). The van der Waals surface area contributed by atoms with E-state index in [-0.39, 0.29) is 0 Å². The van der Waals surface area contributed by atoms with Gasteiger partial charge in [-0.15, -0.1) is 0 Å². The molecule has 0 spiro atoms. The van der Waals surface area contributed by atoms with Crippen molar-refractivity contribution in [1.29, 1.82) is 0 Å². The number of carbonyl (C=O) groups excluding carboxylic acids is 2. The summed E-state index contributed by atoms with van der Waals surface area (Å²) in [4.78, 5) is 23.2. The van der Waals surface area contributed by atoms with E-state index in [2.05, 4.69) is 10.1 Å². The third-order valence-electron chi connectivity index (χ3n) is 2.96. The number of benzene rings is 1. The Morgan fingerprint density at radius 2 is 2.16 bits per heavy atom. The van der Waals surface area contributed by atoms with Gasteiger partial charge in [0, 0.05) is 5.56 Å². The molecule has 1 unspecified atom stereocenters. The first-order valence-electron chi connectivity index (χ1n) is 5.84. The molecule has 19 heavy (non-hydrogen) atoms. The van der Waals surface area contributed by atoms with Crippen molar-refractivity contribution >= 4 is 11.9 Å². The highest BCUT2D eigenvalue weighted by atomic mass is 16.5. The molecular formula is C13H15NO5. The maximum Gasteiger partial charge on any atom is 0.330 e. The summed E-state index contributed by atoms with van der Waals surface area (Å²) in [6.07, 6.45) is 0. The number of amides is 1. The third-order valence-corrected chi connectivity index (χ3v) is 2.96. The molecule has 2 N–H and O–H groups in total. The average Bonchev–Trinajstić information content (AvgIpc) is 2.90. The SMILES string of the molecule is COC(=O)C(CO)NC(=O)c1ccc2c(c1)COC2. The van der Waals surface area contributed by atoms with Crippen LogP contribution in [0.15, 0.2) is 18.2 Å². The number of rotatable bonds is 4. The number of ether oxygens (including phenoxy) is 2. The molecule has 0 radical (unpaired) electrons. The summed E-state index contributed by atoms with van der Waals surface area (Å²) in [6.45, 7) is 0.530. The number of hydrogen-bond donors (Lipinski definition) is 2. The minimum absolute atomic E-state index is 0.423. The van der Waals surface area contributed by atoms with Crippen LogP contribution >= 0.6 is 0 Å². The fourth-order valence-electron chi connectivity index (χ4n) is 1.88. The Kier molecular flexibility index (Phi) is 4.13. The van der Waals surface area contributed by atoms with E-state index in [9.17, 15) is 9.59 Å². The van der Waals surface area contributed by atoms with Crippen molar-refractivity contribution in [3.05, 3.63) is 34.9 Å². The zero-order valence-electron chi connectivity index (χ0n) is 10.5. The number of carbonyl (C=O) groups is 2. The van der Waals surface area contributed by atoms with Crippen molar-refractivity contribution < 1.29 is 24.2 Å². The lowest BCUT2D eigenvalue weighted by Gasteiger charge is -2.14. The molecule has 0 fully saturated rings. The molecular weight excluding hydrogens is 250 g/mol. The number of esters is 1. The Morgan fingerprint density at radius 1 is 1.42 bits per heavy atom. The van der Waals surface area contributed by atoms with Crippen molar-refractivity contribution in [3.8, 4) is 0 Å². The molecule has 6 heteroatoms. The van der Waals surface area contributed by atoms with Gasteiger partial charge in [0.05, 0.1) is 26.9 Å². The molecule has 0 saturated carbocycles. The Hall–Kier alpha value is -1.92. The third kappa shape index (κ3) is 2.91. The Balaban J connectivity index is 2.09. The Morgan fingerprint density at radius 3 is 2.84 bits per heavy atom. The van der Waals surface area contributed by atoms with Crippen LogP contribution in [0.1, 0.15) is 21.5 Å². The minimum Gasteiger partial charge on any atom is -0.467 e. The van der Waals surface area contributed by atoms with Gasteiger partial charge in [0.2, 0.25) is 0 Å². The molecule has 1 aliphatic heterocycles. The van der Waals surface area contributed by atoms with Crippen LogP contribution in [0.3, 0.4) is 0 Å². The van der Waals surface area contributed by atoms with Crippen LogP contribution < -0.4 is 5.32 Å². The van der Waals surface area contributed by atoms with E-state index in [1.165, 1.54) is 7.11 Å². The molecule has 1 aromatic carbocycles. The predicted molar refractivity (Wildman–Crippen MR) is 65.3 cm³/mol. The van der Waals surface area contributed by atoms with Crippen LogP contribution in [-0.2, 0) is 27.5 Å². The van der Waals surface area contributed by atoms with Crippen LogP contribution in [0.2, 0.25) is 0 Å². The number of aliphatic hydroxyl groups excluding tert-OH is 1. The quantitative estimate of drug-likeness (QED) is 0.747. The lowest BCUT2D eigenvalue weighted by Crippen LogP contribution is -2.44. The molecule has 0 bridgehead atoms. The largest absolute Gasteiger partial charge is 0.467 e. The topological polar surface area (TPSA) is 84.9 Å². The van der Waals surface area contributed by atoms with Crippen LogP contribution in [0, 0.1) is 0 Å². The van der Waals surface area contributed by atoms with Gasteiger partial charge < -0.3 is 19.9 Å². The first-order chi connectivity index (χ1) is 9.15. The van der Waals surface area contributed by atoms with E-state index in [1.807, 2.05) is 6.07 Å². The molecule has 1 aliphatic rings. The van der Waals surface area contributed by atoms with Crippen molar-refractivity contribution in [2.24, 2.45) is 0 Å². The lowest BCUT2D eigenvalue weighted by molar-refractivity contribution is -0.143. The molecule has 2 rings (SSSR count). The normalized spacial score (nSPS) is 14.6. The Bertz CT molecular complexity index is 500. The summed E-state index contributed by atoms with van der Waals surface area (Å²) in [5.74, 6) is -1.11. The molecule has 1 aromatic rings. The maximum absolute atomic E-state index is 12.0. The number of methoxy groups -OCH3 is 1. The van der Waals surface area contributed by atoms with E-state index < -0.39 is 24.5 Å². The highest BCUT2D eigenvalue weighted by molar-refractivity contribution is 5.97. The van der Waals surface area contributed by atoms with E-state index in [1.54, 1.807) is 12.1 Å². The first-order valence-corrected chi connectivity index (χ1v) is 5.84. The van der Waals surface area contributed by atoms with Gasteiger partial charge in [-0.1, -0.05) is 6.07 Å². The second-order valence-electron chi connectivity index (χ2n) is 4.21. The molecule has 0 saturated heterocycles. The second kappa shape index (κ2) is 5.81. The highest BCUT2D eigenvalue weighted by Gasteiger charge is 2.22. The number of hydrogen-bond acceptors (Lipinski definition) is 5. The van der Waals surface area contributed by atoms with Crippen LogP contribution in [0.4, 0.5) is 0 Å². The van der Waals surface area contributed by atoms with Crippen molar-refractivity contribution in [2.45, 2.75) is 19.3 Å². The minimum atomic E-state index is -1.05. The lowest BCUT2D eigenvalue weighted by atomic mass is 10.1. The molecule has 1 amide bonds. The van der Waals surface area contributed by atoms with Gasteiger partial charge in [-0.25, -0.2) is 4.79 Å². The fraction of sp³-hybridized carbons (Fsp3) is 0.385. The average molecular weight is 265 g/mol. The van der Waals surface area contributed by atoms with E-state index >= 15 is 0 Å². The monoisotopic (exact) mass is 265 g/mol. The predicted octanol–water partition coefficient (Wildman–Crippen LogP) is -0.0195. The van der Waals surface area contributed by atoms with Gasteiger partial charge in [0.1, 0.15) is 0 Å². The fourth-order valence-corrected chi connectivity index (χ4v) is 1.88. The highest BCUT2D eigenvalue weighted by Crippen LogP contribution is 2.20. The van der Waals surface area contributed by atoms with Crippen LogP contribution in [0.5, 0.6) is 0 Å². The van der Waals surface area contributed by atoms with Gasteiger partial charge in [-0.3, -0.25) is 4.79 Å². The zero-order valence-corrected chi connectivity index (χ0v) is 10.5. The molecule has 1 heterocycles. The molecule has 102 valence electrons. The second-order valence-corrected chi connectivity index (χ2v) is 4.21. The van der Waals surface area contributed by atoms with Gasteiger partial charge in [0.25, 0.3) is 5.91 Å². The van der Waals surface area contributed by atoms with Crippen LogP contribution in [-0.4, -0.2) is 36.7 Å². The molecule has 0 aliphatic carbocycles. The van der Waals surface area contributed by atoms with Crippen molar-refractivity contribution in [2.75, 3.05) is 13.7 Å². The van der Waals surface area contributed by atoms with Gasteiger partial charge in [-0.05, 0) is 23.3 Å². The number of nitrogens with one attached hydrogen (secondary N) is 1. The van der Waals surface area contributed by atoms with E-state index in [0.29, 0.717) is 18.8 Å². The summed E-state index contributed by atoms with van der Waals surface area (Å²) in [5, 5.41) is 11.5. The van der Waals surface area contributed by atoms with Crippen molar-refractivity contribution in [1.82, 2.24) is 5.32 Å². The van der Waals surface area contributed by atoms with Crippen LogP contribution in [0.25, 0.3) is 0 Å². The summed E-state index contributed by atoms with van der Waals surface area (Å²) in [7, 11) is 1.20. The first kappa shape index (κ1) is 13.5. The van der Waals surface area contributed by atoms with Gasteiger partial charge in [0.15, 0.2) is 6.04 Å². The maximum atomic E-state index is 12.0. The Labute approximate surface area is 110 Å². The summed E-state index contributed by atoms with van der Waals surface area (Å²) in [5.41, 5.74) is 2.45. The van der Waals surface area contributed by atoms with Gasteiger partial charge in [-0.2, -0.15) is 0 Å². The smallest absolute Gasteiger partial charge is 0.330 e. The summed E-state index contributed by atoms with van der Waals surface area (Å²) < 4.78 is 9.74. The molecule has 6 nitrogen and oxygen atoms in total. The molecule has 0 aromatic heterocycles. The zero-order chi connectivity index (χ0) is 13.8. The van der Waals surface area contributed by atoms with Crippen molar-refractivity contribution in [3.63, 3.8) is 0 Å². The summed E-state index contributed by atoms with van der Waals surface area (Å²) in [6, 6.07) is 4.16.